The Hall–Kier alpha value is -3.11. The van der Waals surface area contributed by atoms with Crippen LogP contribution in [0.25, 0.3) is 0 Å². The Labute approximate surface area is 193 Å². The Morgan fingerprint density at radius 2 is 2.03 bits per heavy atom. The lowest BCUT2D eigenvalue weighted by atomic mass is 10.0. The van der Waals surface area contributed by atoms with Crippen molar-refractivity contribution in [2.75, 3.05) is 25.2 Å². The summed E-state index contributed by atoms with van der Waals surface area (Å²) in [5.41, 5.74) is 2.84. The number of aliphatic imine (C=N–C) groups is 2. The molecule has 4 amide bonds. The fourth-order valence-electron chi connectivity index (χ4n) is 3.48. The molecule has 0 saturated heterocycles. The highest BCUT2D eigenvalue weighted by Crippen LogP contribution is 2.27. The lowest BCUT2D eigenvalue weighted by Crippen LogP contribution is -2.54. The zero-order valence-electron chi connectivity index (χ0n) is 18.1. The maximum absolute atomic E-state index is 12.9. The molecule has 32 heavy (non-hydrogen) atoms. The van der Waals surface area contributed by atoms with E-state index in [-0.39, 0.29) is 11.7 Å². The first-order valence-electron chi connectivity index (χ1n) is 9.89. The van der Waals surface area contributed by atoms with Crippen molar-refractivity contribution >= 4 is 63.3 Å². The summed E-state index contributed by atoms with van der Waals surface area (Å²) >= 11 is 2.65. The molecule has 2 aliphatic rings. The van der Waals surface area contributed by atoms with Gasteiger partial charge in [0.25, 0.3) is 5.84 Å². The first kappa shape index (κ1) is 22.1. The number of nitrogens with one attached hydrogen (secondary N) is 1. The number of fused-ring (bicyclic) bond motifs is 1. The maximum atomic E-state index is 12.9. The molecule has 4 rings (SSSR count). The predicted molar refractivity (Wildman–Crippen MR) is 128 cm³/mol. The van der Waals surface area contributed by atoms with E-state index in [1.54, 1.807) is 7.05 Å². The Balaban J connectivity index is 1.61. The van der Waals surface area contributed by atoms with Crippen molar-refractivity contribution in [1.29, 1.82) is 0 Å². The van der Waals surface area contributed by atoms with Gasteiger partial charge in [0.1, 0.15) is 5.04 Å². The summed E-state index contributed by atoms with van der Waals surface area (Å²) in [5, 5.41) is 5.27. The molecule has 3 heterocycles. The van der Waals surface area contributed by atoms with Gasteiger partial charge in [-0.3, -0.25) is 9.59 Å². The highest BCUT2D eigenvalue weighted by molar-refractivity contribution is 8.14. The summed E-state index contributed by atoms with van der Waals surface area (Å²) in [6, 6.07) is 9.13. The van der Waals surface area contributed by atoms with Gasteiger partial charge in [-0.15, -0.1) is 11.3 Å². The van der Waals surface area contributed by atoms with Crippen LogP contribution in [-0.4, -0.2) is 63.9 Å². The number of imide groups is 1. The molecule has 10 heteroatoms. The smallest absolute Gasteiger partial charge is 0.325 e. The van der Waals surface area contributed by atoms with Gasteiger partial charge in [-0.1, -0.05) is 40.5 Å². The van der Waals surface area contributed by atoms with E-state index in [0.29, 0.717) is 16.7 Å². The Morgan fingerprint density at radius 3 is 2.72 bits per heavy atom. The van der Waals surface area contributed by atoms with Crippen molar-refractivity contribution in [3.63, 3.8) is 0 Å². The molecule has 2 aliphatic heterocycles. The number of thioether (sulfide) groups is 1. The van der Waals surface area contributed by atoms with Crippen LogP contribution < -0.4 is 5.32 Å². The minimum atomic E-state index is -0.815. The van der Waals surface area contributed by atoms with E-state index in [1.807, 2.05) is 49.6 Å². The number of anilines is 1. The number of aryl methyl sites for hydroxylation is 2. The van der Waals surface area contributed by atoms with Crippen molar-refractivity contribution in [2.45, 2.75) is 13.8 Å². The lowest BCUT2D eigenvalue weighted by Gasteiger charge is -2.26. The number of hydrogen-bond acceptors (Lipinski definition) is 7. The summed E-state index contributed by atoms with van der Waals surface area (Å²) in [7, 11) is 3.02. The molecule has 2 aromatic rings. The zero-order chi connectivity index (χ0) is 23.0. The highest BCUT2D eigenvalue weighted by Gasteiger charge is 2.49. The van der Waals surface area contributed by atoms with Crippen molar-refractivity contribution in [2.24, 2.45) is 15.9 Å². The van der Waals surface area contributed by atoms with Crippen molar-refractivity contribution in [3.05, 3.63) is 51.7 Å². The van der Waals surface area contributed by atoms with Crippen LogP contribution in [0.2, 0.25) is 0 Å². The second kappa shape index (κ2) is 8.79. The highest BCUT2D eigenvalue weighted by atomic mass is 32.2. The second-order valence-corrected chi connectivity index (χ2v) is 9.49. The molecule has 0 fully saturated rings. The number of benzene rings is 1. The van der Waals surface area contributed by atoms with E-state index < -0.39 is 17.9 Å². The van der Waals surface area contributed by atoms with Crippen LogP contribution >= 0.6 is 23.1 Å². The molecule has 1 N–H and O–H groups in total. The van der Waals surface area contributed by atoms with Crippen LogP contribution in [0, 0.1) is 19.8 Å². The fourth-order valence-corrected chi connectivity index (χ4v) is 5.02. The third-order valence-electron chi connectivity index (χ3n) is 5.19. The van der Waals surface area contributed by atoms with E-state index in [9.17, 15) is 14.4 Å². The number of rotatable bonds is 4. The largest absolute Gasteiger partial charge is 0.445 e. The first-order chi connectivity index (χ1) is 15.3. The Morgan fingerprint density at radius 1 is 1.25 bits per heavy atom. The standard InChI is InChI=1S/C22H21N5O3S2/c1-12-7-8-14(13(2)10-12)23-16(28)11-32-20-17-19(26(3)22(30)27(4)21(17)29)24-18(25-20)15-6-5-9-31-15/h5-10,17H,11H2,1-4H3/p+1. The molecule has 1 aromatic heterocycles. The number of carbonyl (C=O) groups is 3. The van der Waals surface area contributed by atoms with E-state index >= 15 is 0 Å². The van der Waals surface area contributed by atoms with Gasteiger partial charge in [-0.25, -0.2) is 9.79 Å². The maximum Gasteiger partial charge on any atom is 0.445 e. The van der Waals surface area contributed by atoms with Gasteiger partial charge in [0.05, 0.1) is 24.7 Å². The van der Waals surface area contributed by atoms with Gasteiger partial charge in [0.2, 0.25) is 11.7 Å². The average molecular weight is 469 g/mol. The summed E-state index contributed by atoms with van der Waals surface area (Å²) in [6.07, 6.45) is 0. The van der Waals surface area contributed by atoms with Crippen LogP contribution in [0.3, 0.4) is 0 Å². The predicted octanol–water partition coefficient (Wildman–Crippen LogP) is 3.14. The SMILES string of the molecule is Cc1ccc(NC(=O)CSC2=NC(c3cccs3)=NC3=[N+](C)C(=O)N(C)C(=O)C23)c(C)c1. The van der Waals surface area contributed by atoms with E-state index in [0.717, 1.165) is 26.6 Å². The number of hydrogen-bond donors (Lipinski definition) is 1. The van der Waals surface area contributed by atoms with E-state index in [2.05, 4.69) is 15.3 Å². The molecule has 0 radical (unpaired) electrons. The molecule has 164 valence electrons. The fraction of sp³-hybridized carbons (Fsp3) is 0.273. The molecule has 0 spiro atoms. The van der Waals surface area contributed by atoms with Crippen LogP contribution in [-0.2, 0) is 9.59 Å². The number of urea groups is 1. The number of carbonyl (C=O) groups excluding carboxylic acids is 3. The number of nitrogens with zero attached hydrogens (tertiary/aromatic N) is 4. The minimum Gasteiger partial charge on any atom is -0.325 e. The van der Waals surface area contributed by atoms with Gasteiger partial charge < -0.3 is 5.32 Å². The third-order valence-corrected chi connectivity index (χ3v) is 7.08. The van der Waals surface area contributed by atoms with E-state index in [1.165, 1.54) is 34.7 Å². The quantitative estimate of drug-likeness (QED) is 0.698. The molecule has 1 atom stereocenters. The van der Waals surface area contributed by atoms with Gasteiger partial charge >= 0.3 is 11.9 Å². The number of amides is 4. The second-order valence-electron chi connectivity index (χ2n) is 7.55. The summed E-state index contributed by atoms with van der Waals surface area (Å²) < 4.78 is 1.37. The van der Waals surface area contributed by atoms with E-state index in [4.69, 9.17) is 0 Å². The molecule has 1 aromatic carbocycles. The number of thiophene rings is 1. The van der Waals surface area contributed by atoms with Gasteiger partial charge in [-0.2, -0.15) is 9.48 Å². The average Bonchev–Trinajstić information content (AvgIpc) is 3.31. The molecule has 0 saturated carbocycles. The Kier molecular flexibility index (Phi) is 6.07. The molecular formula is C22H22N5O3S2+. The zero-order valence-corrected chi connectivity index (χ0v) is 19.7. The number of amidine groups is 2. The van der Waals surface area contributed by atoms with Crippen LogP contribution in [0.15, 0.2) is 45.7 Å². The monoisotopic (exact) mass is 468 g/mol. The van der Waals surface area contributed by atoms with Crippen LogP contribution in [0.1, 0.15) is 16.0 Å². The molecule has 8 nitrogen and oxygen atoms in total. The lowest BCUT2D eigenvalue weighted by molar-refractivity contribution is -0.407. The normalized spacial score (nSPS) is 18.4. The molecular weight excluding hydrogens is 446 g/mol. The van der Waals surface area contributed by atoms with Crippen molar-refractivity contribution in [3.8, 4) is 0 Å². The first-order valence-corrected chi connectivity index (χ1v) is 11.8. The summed E-state index contributed by atoms with van der Waals surface area (Å²) in [6.45, 7) is 3.94. The topological polar surface area (TPSA) is 94.2 Å². The molecule has 0 bridgehead atoms. The van der Waals surface area contributed by atoms with Gasteiger partial charge in [0.15, 0.2) is 5.92 Å². The minimum absolute atomic E-state index is 0.0717. The van der Waals surface area contributed by atoms with Gasteiger partial charge in [0, 0.05) is 5.69 Å². The Bertz CT molecular complexity index is 1210. The molecule has 0 aliphatic carbocycles. The summed E-state index contributed by atoms with van der Waals surface area (Å²) in [4.78, 5) is 49.0. The summed E-state index contributed by atoms with van der Waals surface area (Å²) in [5.74, 6) is -0.590. The third kappa shape index (κ3) is 4.15. The van der Waals surface area contributed by atoms with Gasteiger partial charge in [-0.05, 0) is 36.9 Å². The van der Waals surface area contributed by atoms with Crippen LogP contribution in [0.4, 0.5) is 10.5 Å². The van der Waals surface area contributed by atoms with Crippen molar-refractivity contribution in [1.82, 2.24) is 4.90 Å². The van der Waals surface area contributed by atoms with Crippen LogP contribution in [0.5, 0.6) is 0 Å². The van der Waals surface area contributed by atoms with Crippen molar-refractivity contribution < 1.29 is 19.0 Å². The molecule has 1 unspecified atom stereocenters.